The molecule has 1 aliphatic heterocycles. The van der Waals surface area contributed by atoms with Crippen LogP contribution in [0.2, 0.25) is 0 Å². The van der Waals surface area contributed by atoms with E-state index in [-0.39, 0.29) is 11.7 Å². The minimum absolute atomic E-state index is 0.0121. The Balaban J connectivity index is 1.97. The molecule has 4 nitrogen and oxygen atoms in total. The molecule has 1 N–H and O–H groups in total. The second-order valence-corrected chi connectivity index (χ2v) is 4.24. The fraction of sp³-hybridized carbons (Fsp3) is 0.308. The average molecular weight is 232 g/mol. The average Bonchev–Trinajstić information content (AvgIpc) is 2.86. The molecule has 0 spiro atoms. The zero-order chi connectivity index (χ0) is 12.0. The Morgan fingerprint density at radius 2 is 2.24 bits per heavy atom. The molecule has 1 heterocycles. The number of hydrogen-bond acceptors (Lipinski definition) is 4. The van der Waals surface area contributed by atoms with E-state index in [9.17, 15) is 9.90 Å². The van der Waals surface area contributed by atoms with Gasteiger partial charge in [-0.2, -0.15) is 0 Å². The minimum Gasteiger partial charge on any atom is -0.508 e. The number of aliphatic hydroxyl groups excluding tert-OH is 1. The smallest absolute Gasteiger partial charge is 0.337 e. The summed E-state index contributed by atoms with van der Waals surface area (Å²) in [7, 11) is 1.31. The van der Waals surface area contributed by atoms with E-state index in [1.54, 1.807) is 0 Å². The maximum atomic E-state index is 11.5. The van der Waals surface area contributed by atoms with E-state index < -0.39 is 12.1 Å². The molecule has 0 saturated carbocycles. The van der Waals surface area contributed by atoms with Crippen LogP contribution in [-0.4, -0.2) is 24.3 Å². The maximum Gasteiger partial charge on any atom is 0.337 e. The summed E-state index contributed by atoms with van der Waals surface area (Å²) >= 11 is 0. The Hall–Kier alpha value is -1.97. The number of hydrogen-bond donors (Lipinski definition) is 1. The lowest BCUT2D eigenvalue weighted by molar-refractivity contribution is -0.136. The third-order valence-corrected chi connectivity index (χ3v) is 3.37. The second kappa shape index (κ2) is 3.52. The van der Waals surface area contributed by atoms with Crippen molar-refractivity contribution in [2.75, 3.05) is 7.11 Å². The van der Waals surface area contributed by atoms with E-state index >= 15 is 0 Å². The zero-order valence-corrected chi connectivity index (χ0v) is 9.34. The lowest BCUT2D eigenvalue weighted by Crippen LogP contribution is -2.16. The van der Waals surface area contributed by atoms with Gasteiger partial charge in [-0.15, -0.1) is 0 Å². The molecule has 1 aliphatic carbocycles. The Morgan fingerprint density at radius 1 is 1.47 bits per heavy atom. The molecule has 0 bridgehead atoms. The van der Waals surface area contributed by atoms with Crippen molar-refractivity contribution in [1.29, 1.82) is 0 Å². The van der Waals surface area contributed by atoms with Gasteiger partial charge in [0.2, 0.25) is 0 Å². The van der Waals surface area contributed by atoms with Crippen molar-refractivity contribution in [1.82, 2.24) is 0 Å². The number of carbonyl (C=O) groups excluding carboxylic acids is 1. The number of ether oxygens (including phenoxy) is 2. The van der Waals surface area contributed by atoms with Crippen molar-refractivity contribution in [2.45, 2.75) is 18.4 Å². The predicted octanol–water partition coefficient (Wildman–Crippen LogP) is 1.92. The third kappa shape index (κ3) is 1.33. The first-order valence-electron chi connectivity index (χ1n) is 5.48. The van der Waals surface area contributed by atoms with Crippen LogP contribution in [0.15, 0.2) is 35.6 Å². The summed E-state index contributed by atoms with van der Waals surface area (Å²) in [6, 6.07) is 7.66. The molecule has 0 amide bonds. The van der Waals surface area contributed by atoms with E-state index in [1.807, 2.05) is 24.3 Å². The highest BCUT2D eigenvalue weighted by molar-refractivity contribution is 5.90. The molecule has 2 aliphatic rings. The second-order valence-electron chi connectivity index (χ2n) is 4.24. The molecule has 1 aromatic rings. The van der Waals surface area contributed by atoms with Crippen LogP contribution in [-0.2, 0) is 9.53 Å². The summed E-state index contributed by atoms with van der Waals surface area (Å²) in [5, 5.41) is 9.99. The molecule has 17 heavy (non-hydrogen) atoms. The molecule has 0 saturated heterocycles. The SMILES string of the molecule is COC(=O)C1=C(O)[C@@H]2Oc3ccccc3[C@@H]2C1. The number of esters is 1. The van der Waals surface area contributed by atoms with E-state index in [2.05, 4.69) is 4.74 Å². The highest BCUT2D eigenvalue weighted by atomic mass is 16.5. The number of methoxy groups -OCH3 is 1. The summed E-state index contributed by atoms with van der Waals surface area (Å²) in [5.41, 5.74) is 1.37. The summed E-state index contributed by atoms with van der Waals surface area (Å²) < 4.78 is 10.3. The van der Waals surface area contributed by atoms with Crippen molar-refractivity contribution in [2.24, 2.45) is 0 Å². The fourth-order valence-electron chi connectivity index (χ4n) is 2.55. The van der Waals surface area contributed by atoms with Gasteiger partial charge in [-0.1, -0.05) is 18.2 Å². The molecule has 88 valence electrons. The standard InChI is InChI=1S/C13H12O4/c1-16-13(15)9-6-8-7-4-2-3-5-10(7)17-12(8)11(9)14/h2-5,8,12,14H,6H2,1H3/t8-,12+/m0/s1. The first-order chi connectivity index (χ1) is 8.22. The van der Waals surface area contributed by atoms with Crippen LogP contribution < -0.4 is 4.74 Å². The van der Waals surface area contributed by atoms with Crippen LogP contribution in [0.4, 0.5) is 0 Å². The number of fused-ring (bicyclic) bond motifs is 3. The van der Waals surface area contributed by atoms with Crippen molar-refractivity contribution < 1.29 is 19.4 Å². The lowest BCUT2D eigenvalue weighted by atomic mass is 9.96. The quantitative estimate of drug-likeness (QED) is 0.751. The number of para-hydroxylation sites is 1. The van der Waals surface area contributed by atoms with Gasteiger partial charge in [0.15, 0.2) is 6.10 Å². The lowest BCUT2D eigenvalue weighted by Gasteiger charge is -2.09. The van der Waals surface area contributed by atoms with Gasteiger partial charge < -0.3 is 14.6 Å². The largest absolute Gasteiger partial charge is 0.508 e. The molecular weight excluding hydrogens is 220 g/mol. The maximum absolute atomic E-state index is 11.5. The topological polar surface area (TPSA) is 55.8 Å². The summed E-state index contributed by atoms with van der Waals surface area (Å²) in [6.45, 7) is 0. The third-order valence-electron chi connectivity index (χ3n) is 3.37. The van der Waals surface area contributed by atoms with E-state index in [1.165, 1.54) is 7.11 Å². The number of carbonyl (C=O) groups is 1. The van der Waals surface area contributed by atoms with Crippen molar-refractivity contribution in [3.63, 3.8) is 0 Å². The van der Waals surface area contributed by atoms with Gasteiger partial charge in [-0.25, -0.2) is 4.79 Å². The predicted molar refractivity (Wildman–Crippen MR) is 59.9 cm³/mol. The molecule has 2 atom stereocenters. The normalized spacial score (nSPS) is 25.2. The highest BCUT2D eigenvalue weighted by Crippen LogP contribution is 2.48. The van der Waals surface area contributed by atoms with Crippen LogP contribution in [0.3, 0.4) is 0 Å². The molecule has 1 aromatic carbocycles. The summed E-state index contributed by atoms with van der Waals surface area (Å²) in [4.78, 5) is 11.5. The Labute approximate surface area is 98.5 Å². The minimum atomic E-state index is -0.474. The van der Waals surface area contributed by atoms with Gasteiger partial charge in [0.05, 0.1) is 12.7 Å². The van der Waals surface area contributed by atoms with Gasteiger partial charge in [-0.3, -0.25) is 0 Å². The molecule has 3 rings (SSSR count). The highest BCUT2D eigenvalue weighted by Gasteiger charge is 2.45. The molecular formula is C13H12O4. The molecule has 4 heteroatoms. The van der Waals surface area contributed by atoms with E-state index in [0.29, 0.717) is 12.0 Å². The Kier molecular flexibility index (Phi) is 2.11. The molecule has 0 radical (unpaired) electrons. The van der Waals surface area contributed by atoms with E-state index in [4.69, 9.17) is 4.74 Å². The van der Waals surface area contributed by atoms with E-state index in [0.717, 1.165) is 11.3 Å². The van der Waals surface area contributed by atoms with Gasteiger partial charge in [0.25, 0.3) is 0 Å². The van der Waals surface area contributed by atoms with Crippen LogP contribution in [0.25, 0.3) is 0 Å². The van der Waals surface area contributed by atoms with Gasteiger partial charge in [-0.05, 0) is 12.5 Å². The molecule has 0 fully saturated rings. The number of aliphatic hydroxyl groups is 1. The number of benzene rings is 1. The van der Waals surface area contributed by atoms with Crippen LogP contribution in [0.5, 0.6) is 5.75 Å². The van der Waals surface area contributed by atoms with Crippen LogP contribution >= 0.6 is 0 Å². The monoisotopic (exact) mass is 232 g/mol. The van der Waals surface area contributed by atoms with Crippen molar-refractivity contribution in [3.05, 3.63) is 41.2 Å². The first kappa shape index (κ1) is 10.2. The van der Waals surface area contributed by atoms with Crippen molar-refractivity contribution >= 4 is 5.97 Å². The van der Waals surface area contributed by atoms with Gasteiger partial charge in [0.1, 0.15) is 11.5 Å². The van der Waals surface area contributed by atoms with Gasteiger partial charge in [0, 0.05) is 11.5 Å². The summed E-state index contributed by atoms with van der Waals surface area (Å²) in [6.07, 6.45) is 0.0432. The van der Waals surface area contributed by atoms with Crippen LogP contribution in [0, 0.1) is 0 Å². The number of rotatable bonds is 1. The van der Waals surface area contributed by atoms with Crippen molar-refractivity contribution in [3.8, 4) is 5.75 Å². The summed E-state index contributed by atoms with van der Waals surface area (Å²) in [5.74, 6) is 0.356. The zero-order valence-electron chi connectivity index (χ0n) is 9.34. The Bertz CT molecular complexity index is 518. The van der Waals surface area contributed by atoms with Crippen LogP contribution in [0.1, 0.15) is 17.9 Å². The fourth-order valence-corrected chi connectivity index (χ4v) is 2.55. The molecule has 0 aromatic heterocycles. The Morgan fingerprint density at radius 3 is 3.00 bits per heavy atom. The van der Waals surface area contributed by atoms with Gasteiger partial charge >= 0.3 is 5.97 Å². The molecule has 0 unspecified atom stereocenters. The first-order valence-corrected chi connectivity index (χ1v) is 5.48.